The van der Waals surface area contributed by atoms with E-state index >= 15 is 0 Å². The smallest absolute Gasteiger partial charge is 0.304 e. The molecule has 1 aliphatic heterocycles. The molecule has 0 aliphatic carbocycles. The van der Waals surface area contributed by atoms with Crippen molar-refractivity contribution in [3.63, 3.8) is 0 Å². The molecule has 1 fully saturated rings. The van der Waals surface area contributed by atoms with E-state index in [1.165, 1.54) is 11.1 Å². The van der Waals surface area contributed by atoms with Crippen molar-refractivity contribution >= 4 is 5.97 Å². The lowest BCUT2D eigenvalue weighted by molar-refractivity contribution is -0.140. The highest BCUT2D eigenvalue weighted by atomic mass is 16.5. The second-order valence-corrected chi connectivity index (χ2v) is 5.15. The van der Waals surface area contributed by atoms with Crippen LogP contribution in [-0.4, -0.2) is 30.3 Å². The molecular formula is C14H19NO3. The van der Waals surface area contributed by atoms with Crippen LogP contribution in [0.4, 0.5) is 0 Å². The van der Waals surface area contributed by atoms with E-state index in [4.69, 9.17) is 15.6 Å². The molecule has 2 rings (SSSR count). The number of aliphatic carboxylic acids is 1. The third-order valence-corrected chi connectivity index (χ3v) is 3.91. The van der Waals surface area contributed by atoms with E-state index in [2.05, 4.69) is 26.0 Å². The fraction of sp³-hybridized carbons (Fsp3) is 0.500. The number of benzene rings is 1. The summed E-state index contributed by atoms with van der Waals surface area (Å²) in [6.07, 6.45) is -0.0315. The minimum absolute atomic E-state index is 0.0315. The first-order valence-electron chi connectivity index (χ1n) is 6.08. The Morgan fingerprint density at radius 3 is 2.56 bits per heavy atom. The Bertz CT molecular complexity index is 466. The van der Waals surface area contributed by atoms with Gasteiger partial charge in [-0.15, -0.1) is 0 Å². The lowest BCUT2D eigenvalue weighted by Crippen LogP contribution is -2.59. The van der Waals surface area contributed by atoms with E-state index in [-0.39, 0.29) is 11.8 Å². The average molecular weight is 249 g/mol. The number of carbonyl (C=O) groups is 1. The molecule has 1 saturated heterocycles. The Morgan fingerprint density at radius 1 is 1.44 bits per heavy atom. The van der Waals surface area contributed by atoms with Crippen molar-refractivity contribution in [1.82, 2.24) is 0 Å². The highest BCUT2D eigenvalue weighted by Gasteiger charge is 2.46. The summed E-state index contributed by atoms with van der Waals surface area (Å²) in [4.78, 5) is 10.8. The Balaban J connectivity index is 2.31. The molecule has 1 heterocycles. The Labute approximate surface area is 107 Å². The first-order valence-corrected chi connectivity index (χ1v) is 6.08. The van der Waals surface area contributed by atoms with E-state index in [0.29, 0.717) is 13.2 Å². The highest BCUT2D eigenvalue weighted by Crippen LogP contribution is 2.37. The van der Waals surface area contributed by atoms with Crippen LogP contribution in [0.15, 0.2) is 18.2 Å². The molecule has 1 aromatic rings. The highest BCUT2D eigenvalue weighted by molar-refractivity contribution is 5.68. The van der Waals surface area contributed by atoms with Gasteiger partial charge in [-0.25, -0.2) is 0 Å². The van der Waals surface area contributed by atoms with Gasteiger partial charge in [0.1, 0.15) is 0 Å². The zero-order chi connectivity index (χ0) is 13.3. The second-order valence-electron chi connectivity index (χ2n) is 5.15. The van der Waals surface area contributed by atoms with Gasteiger partial charge >= 0.3 is 5.97 Å². The standard InChI is InChI=1S/C14H19NO3/c1-9-3-4-11(5-10(9)2)14(7-18-8-14)12(15)6-13(16)17/h3-5,12H,6-8,15H2,1-2H3,(H,16,17). The van der Waals surface area contributed by atoms with Crippen molar-refractivity contribution in [2.24, 2.45) is 5.73 Å². The van der Waals surface area contributed by atoms with E-state index in [0.717, 1.165) is 5.56 Å². The van der Waals surface area contributed by atoms with Gasteiger partial charge in [0.2, 0.25) is 0 Å². The topological polar surface area (TPSA) is 72.6 Å². The van der Waals surface area contributed by atoms with Crippen molar-refractivity contribution in [1.29, 1.82) is 0 Å². The maximum absolute atomic E-state index is 10.8. The molecule has 0 spiro atoms. The Morgan fingerprint density at radius 2 is 2.11 bits per heavy atom. The molecule has 0 aromatic heterocycles. The predicted octanol–water partition coefficient (Wildman–Crippen LogP) is 1.37. The Hall–Kier alpha value is -1.39. The van der Waals surface area contributed by atoms with Crippen molar-refractivity contribution in [3.8, 4) is 0 Å². The van der Waals surface area contributed by atoms with Crippen LogP contribution < -0.4 is 5.73 Å². The predicted molar refractivity (Wildman–Crippen MR) is 68.6 cm³/mol. The normalized spacial score (nSPS) is 19.1. The van der Waals surface area contributed by atoms with Crippen LogP contribution in [0, 0.1) is 13.8 Å². The first kappa shape index (κ1) is 13.1. The van der Waals surface area contributed by atoms with E-state index in [9.17, 15) is 4.79 Å². The minimum atomic E-state index is -0.863. The molecular weight excluding hydrogens is 230 g/mol. The molecule has 1 atom stereocenters. The summed E-state index contributed by atoms with van der Waals surface area (Å²) >= 11 is 0. The summed E-state index contributed by atoms with van der Waals surface area (Å²) in [5.41, 5.74) is 9.25. The minimum Gasteiger partial charge on any atom is -0.481 e. The molecule has 0 radical (unpaired) electrons. The van der Waals surface area contributed by atoms with Gasteiger partial charge in [-0.3, -0.25) is 4.79 Å². The molecule has 1 unspecified atom stereocenters. The number of aryl methyl sites for hydroxylation is 2. The van der Waals surface area contributed by atoms with Crippen LogP contribution in [0.3, 0.4) is 0 Å². The van der Waals surface area contributed by atoms with Crippen LogP contribution in [0.5, 0.6) is 0 Å². The van der Waals surface area contributed by atoms with E-state index in [1.54, 1.807) is 0 Å². The molecule has 0 saturated carbocycles. The summed E-state index contributed by atoms with van der Waals surface area (Å²) in [6.45, 7) is 5.11. The third-order valence-electron chi connectivity index (χ3n) is 3.91. The van der Waals surface area contributed by atoms with Crippen molar-refractivity contribution in [2.75, 3.05) is 13.2 Å². The number of nitrogens with two attached hydrogens (primary N) is 1. The second kappa shape index (κ2) is 4.71. The van der Waals surface area contributed by atoms with Crippen molar-refractivity contribution in [3.05, 3.63) is 34.9 Å². The average Bonchev–Trinajstić information content (AvgIpc) is 2.20. The monoisotopic (exact) mass is 249 g/mol. The summed E-state index contributed by atoms with van der Waals surface area (Å²) in [7, 11) is 0. The van der Waals surface area contributed by atoms with E-state index in [1.807, 2.05) is 6.07 Å². The molecule has 0 bridgehead atoms. The molecule has 1 aromatic carbocycles. The van der Waals surface area contributed by atoms with E-state index < -0.39 is 12.0 Å². The fourth-order valence-electron chi connectivity index (χ4n) is 2.35. The molecule has 18 heavy (non-hydrogen) atoms. The van der Waals surface area contributed by atoms with Crippen LogP contribution in [0.1, 0.15) is 23.1 Å². The van der Waals surface area contributed by atoms with Crippen LogP contribution in [0.2, 0.25) is 0 Å². The lowest BCUT2D eigenvalue weighted by Gasteiger charge is -2.46. The number of hydrogen-bond acceptors (Lipinski definition) is 3. The van der Waals surface area contributed by atoms with Gasteiger partial charge in [0.15, 0.2) is 0 Å². The number of carboxylic acid groups (broad SMARTS) is 1. The van der Waals surface area contributed by atoms with Gasteiger partial charge in [-0.1, -0.05) is 18.2 Å². The van der Waals surface area contributed by atoms with Gasteiger partial charge in [0.25, 0.3) is 0 Å². The molecule has 4 nitrogen and oxygen atoms in total. The summed E-state index contributed by atoms with van der Waals surface area (Å²) in [5, 5.41) is 8.89. The maximum Gasteiger partial charge on any atom is 0.304 e. The Kier molecular flexibility index (Phi) is 3.41. The van der Waals surface area contributed by atoms with Gasteiger partial charge in [-0.05, 0) is 30.5 Å². The zero-order valence-corrected chi connectivity index (χ0v) is 10.8. The molecule has 4 heteroatoms. The molecule has 1 aliphatic rings. The largest absolute Gasteiger partial charge is 0.481 e. The number of rotatable bonds is 4. The zero-order valence-electron chi connectivity index (χ0n) is 10.8. The van der Waals surface area contributed by atoms with Crippen LogP contribution >= 0.6 is 0 Å². The lowest BCUT2D eigenvalue weighted by atomic mass is 9.71. The molecule has 3 N–H and O–H groups in total. The van der Waals surface area contributed by atoms with Crippen molar-refractivity contribution < 1.29 is 14.6 Å². The number of hydrogen-bond donors (Lipinski definition) is 2. The first-order chi connectivity index (χ1) is 8.45. The van der Waals surface area contributed by atoms with Crippen molar-refractivity contribution in [2.45, 2.75) is 31.7 Å². The van der Waals surface area contributed by atoms with Crippen LogP contribution in [0.25, 0.3) is 0 Å². The summed E-state index contributed by atoms with van der Waals surface area (Å²) in [6, 6.07) is 5.77. The summed E-state index contributed by atoms with van der Waals surface area (Å²) < 4.78 is 5.29. The van der Waals surface area contributed by atoms with Gasteiger partial charge in [0, 0.05) is 6.04 Å². The quantitative estimate of drug-likeness (QED) is 0.845. The SMILES string of the molecule is Cc1ccc(C2(C(N)CC(=O)O)COC2)cc1C. The summed E-state index contributed by atoms with van der Waals surface area (Å²) in [5.74, 6) is -0.863. The maximum atomic E-state index is 10.8. The van der Waals surface area contributed by atoms with Gasteiger partial charge < -0.3 is 15.6 Å². The molecule has 98 valence electrons. The molecule has 0 amide bonds. The number of ether oxygens (including phenoxy) is 1. The van der Waals surface area contributed by atoms with Gasteiger partial charge in [-0.2, -0.15) is 0 Å². The van der Waals surface area contributed by atoms with Crippen LogP contribution in [-0.2, 0) is 14.9 Å². The van der Waals surface area contributed by atoms with Gasteiger partial charge in [0.05, 0.1) is 25.0 Å². The fourth-order valence-corrected chi connectivity index (χ4v) is 2.35. The number of carboxylic acids is 1. The third kappa shape index (κ3) is 2.13.